The van der Waals surface area contributed by atoms with E-state index in [2.05, 4.69) is 22.1 Å². The van der Waals surface area contributed by atoms with Crippen LogP contribution in [0.4, 0.5) is 0 Å². The Hall–Kier alpha value is -0.940. The molecule has 1 aromatic rings. The van der Waals surface area contributed by atoms with E-state index in [9.17, 15) is 4.79 Å². The van der Waals surface area contributed by atoms with Crippen LogP contribution in [0.3, 0.4) is 0 Å². The van der Waals surface area contributed by atoms with E-state index < -0.39 is 0 Å². The van der Waals surface area contributed by atoms with Gasteiger partial charge in [-0.05, 0) is 32.2 Å². The first-order valence-electron chi connectivity index (χ1n) is 7.17. The molecular weight excluding hydrogens is 258 g/mol. The first-order valence-corrected chi connectivity index (χ1v) is 8.05. The van der Waals surface area contributed by atoms with Crippen molar-refractivity contribution in [3.8, 4) is 0 Å². The second-order valence-electron chi connectivity index (χ2n) is 5.63. The number of carbonyl (C=O) groups excluding carboxylic acids is 1. The third kappa shape index (κ3) is 2.41. The molecule has 0 aliphatic carbocycles. The highest BCUT2D eigenvalue weighted by Gasteiger charge is 2.47. The maximum absolute atomic E-state index is 11.7. The predicted octanol–water partition coefficient (Wildman–Crippen LogP) is 2.17. The van der Waals surface area contributed by atoms with Crippen LogP contribution in [0, 0.1) is 0 Å². The van der Waals surface area contributed by atoms with Gasteiger partial charge in [0.25, 0.3) is 0 Å². The molecule has 1 aromatic heterocycles. The summed E-state index contributed by atoms with van der Waals surface area (Å²) in [7, 11) is 0. The first kappa shape index (κ1) is 13.1. The van der Waals surface area contributed by atoms with Crippen LogP contribution in [-0.4, -0.2) is 33.9 Å². The van der Waals surface area contributed by atoms with Crippen molar-refractivity contribution in [3.05, 3.63) is 16.6 Å². The molecule has 1 spiro atoms. The monoisotopic (exact) mass is 279 g/mol. The van der Waals surface area contributed by atoms with E-state index in [1.807, 2.05) is 11.6 Å². The Bertz CT molecular complexity index is 448. The molecule has 0 aromatic carbocycles. The zero-order valence-electron chi connectivity index (χ0n) is 11.4. The molecule has 5 heteroatoms. The molecule has 1 N–H and O–H groups in total. The number of rotatable bonds is 3. The van der Waals surface area contributed by atoms with Crippen molar-refractivity contribution in [1.82, 2.24) is 15.2 Å². The van der Waals surface area contributed by atoms with Crippen LogP contribution >= 0.6 is 11.3 Å². The number of nitrogens with one attached hydrogen (secondary N) is 1. The van der Waals surface area contributed by atoms with E-state index in [0.29, 0.717) is 12.5 Å². The third-order valence-corrected chi connectivity index (χ3v) is 5.31. The molecule has 2 fully saturated rings. The van der Waals surface area contributed by atoms with Gasteiger partial charge in [0.05, 0.1) is 12.1 Å². The maximum Gasteiger partial charge on any atom is 0.220 e. The highest BCUT2D eigenvalue weighted by molar-refractivity contribution is 7.09. The molecule has 0 saturated carbocycles. The first-order chi connectivity index (χ1) is 9.23. The van der Waals surface area contributed by atoms with Crippen LogP contribution < -0.4 is 5.32 Å². The molecule has 0 unspecified atom stereocenters. The number of carbonyl (C=O) groups is 1. The van der Waals surface area contributed by atoms with E-state index >= 15 is 0 Å². The van der Waals surface area contributed by atoms with Crippen molar-refractivity contribution in [2.45, 2.75) is 57.2 Å². The van der Waals surface area contributed by atoms with Crippen molar-refractivity contribution >= 4 is 17.2 Å². The summed E-state index contributed by atoms with van der Waals surface area (Å²) in [5.74, 6) is 0.231. The highest BCUT2D eigenvalue weighted by atomic mass is 32.1. The van der Waals surface area contributed by atoms with Crippen molar-refractivity contribution in [2.75, 3.05) is 6.54 Å². The number of likely N-dealkylation sites (tertiary alicyclic amines) is 1. The molecular formula is C14H21N3OS. The Balaban J connectivity index is 1.78. The lowest BCUT2D eigenvalue weighted by Gasteiger charge is -2.47. The lowest BCUT2D eigenvalue weighted by molar-refractivity contribution is -0.120. The summed E-state index contributed by atoms with van der Waals surface area (Å²) in [5, 5.41) is 6.50. The molecule has 0 bridgehead atoms. The number of nitrogens with zero attached hydrogens (tertiary/aromatic N) is 2. The number of thiazole rings is 1. The highest BCUT2D eigenvalue weighted by Crippen LogP contribution is 2.37. The van der Waals surface area contributed by atoms with Gasteiger partial charge < -0.3 is 5.32 Å². The van der Waals surface area contributed by atoms with Gasteiger partial charge in [-0.2, -0.15) is 0 Å². The van der Waals surface area contributed by atoms with Crippen molar-refractivity contribution in [1.29, 1.82) is 0 Å². The Kier molecular flexibility index (Phi) is 3.58. The standard InChI is InChI=1S/C14H21N3OS/c1-2-11-14(6-4-12(18)16-14)5-3-8-17(11)10-13-15-7-9-19-13/h7,9,11H,2-6,8,10H2,1H3,(H,16,18)/t11-,14+/m1/s1. The predicted molar refractivity (Wildman–Crippen MR) is 75.9 cm³/mol. The van der Waals surface area contributed by atoms with Crippen LogP contribution in [-0.2, 0) is 11.3 Å². The summed E-state index contributed by atoms with van der Waals surface area (Å²) >= 11 is 1.72. The Morgan fingerprint density at radius 3 is 3.11 bits per heavy atom. The Morgan fingerprint density at radius 2 is 2.47 bits per heavy atom. The van der Waals surface area contributed by atoms with Gasteiger partial charge in [0.2, 0.25) is 5.91 Å². The maximum atomic E-state index is 11.7. The molecule has 2 atom stereocenters. The summed E-state index contributed by atoms with van der Waals surface area (Å²) in [6.45, 7) is 4.28. The van der Waals surface area contributed by atoms with E-state index in [1.165, 1.54) is 11.4 Å². The summed E-state index contributed by atoms with van der Waals surface area (Å²) in [6.07, 6.45) is 6.96. The molecule has 2 saturated heterocycles. The molecule has 0 radical (unpaired) electrons. The largest absolute Gasteiger partial charge is 0.349 e. The quantitative estimate of drug-likeness (QED) is 0.922. The second kappa shape index (κ2) is 5.21. The number of hydrogen-bond donors (Lipinski definition) is 1. The average Bonchev–Trinajstić information content (AvgIpc) is 3.01. The van der Waals surface area contributed by atoms with Gasteiger partial charge >= 0.3 is 0 Å². The Morgan fingerprint density at radius 1 is 1.58 bits per heavy atom. The van der Waals surface area contributed by atoms with Crippen LogP contribution in [0.25, 0.3) is 0 Å². The van der Waals surface area contributed by atoms with Crippen molar-refractivity contribution in [2.24, 2.45) is 0 Å². The summed E-state index contributed by atoms with van der Waals surface area (Å²) < 4.78 is 0. The zero-order chi connectivity index (χ0) is 13.3. The number of amides is 1. The number of aromatic nitrogens is 1. The van der Waals surface area contributed by atoms with E-state index in [0.717, 1.165) is 32.4 Å². The van der Waals surface area contributed by atoms with Crippen molar-refractivity contribution < 1.29 is 4.79 Å². The SMILES string of the molecule is CC[C@H]1N(Cc2nccs2)CCC[C@]12CCC(=O)N2. The van der Waals surface area contributed by atoms with Gasteiger partial charge in [0.1, 0.15) is 5.01 Å². The topological polar surface area (TPSA) is 45.2 Å². The van der Waals surface area contributed by atoms with E-state index in [-0.39, 0.29) is 11.4 Å². The van der Waals surface area contributed by atoms with Gasteiger partial charge in [-0.1, -0.05) is 6.92 Å². The van der Waals surface area contributed by atoms with Gasteiger partial charge in [-0.25, -0.2) is 4.98 Å². The number of hydrogen-bond acceptors (Lipinski definition) is 4. The van der Waals surface area contributed by atoms with Crippen LogP contribution in [0.2, 0.25) is 0 Å². The van der Waals surface area contributed by atoms with Crippen LogP contribution in [0.15, 0.2) is 11.6 Å². The van der Waals surface area contributed by atoms with E-state index in [4.69, 9.17) is 0 Å². The molecule has 4 nitrogen and oxygen atoms in total. The molecule has 19 heavy (non-hydrogen) atoms. The number of piperidine rings is 1. The summed E-state index contributed by atoms with van der Waals surface area (Å²) in [5.41, 5.74) is 0.0291. The average molecular weight is 279 g/mol. The fourth-order valence-corrected chi connectivity index (χ4v) is 4.43. The van der Waals surface area contributed by atoms with Crippen molar-refractivity contribution in [3.63, 3.8) is 0 Å². The lowest BCUT2D eigenvalue weighted by Crippen LogP contribution is -2.61. The van der Waals surface area contributed by atoms with E-state index in [1.54, 1.807) is 11.3 Å². The van der Waals surface area contributed by atoms with Crippen LogP contribution in [0.1, 0.15) is 44.0 Å². The third-order valence-electron chi connectivity index (χ3n) is 4.54. The molecule has 2 aliphatic heterocycles. The smallest absolute Gasteiger partial charge is 0.220 e. The molecule has 3 heterocycles. The molecule has 3 rings (SSSR count). The minimum Gasteiger partial charge on any atom is -0.349 e. The normalized spacial score (nSPS) is 31.8. The minimum atomic E-state index is 0.0291. The van der Waals surface area contributed by atoms with Gasteiger partial charge in [-0.3, -0.25) is 9.69 Å². The molecule has 2 aliphatic rings. The second-order valence-corrected chi connectivity index (χ2v) is 6.61. The summed E-state index contributed by atoms with van der Waals surface area (Å²) in [6, 6.07) is 0.455. The van der Waals surface area contributed by atoms with Gasteiger partial charge in [0.15, 0.2) is 0 Å². The summed E-state index contributed by atoms with van der Waals surface area (Å²) in [4.78, 5) is 18.6. The van der Waals surface area contributed by atoms with Gasteiger partial charge in [-0.15, -0.1) is 11.3 Å². The fourth-order valence-electron chi connectivity index (χ4n) is 3.79. The minimum absolute atomic E-state index is 0.0291. The zero-order valence-corrected chi connectivity index (χ0v) is 12.2. The van der Waals surface area contributed by atoms with Crippen LogP contribution in [0.5, 0.6) is 0 Å². The lowest BCUT2D eigenvalue weighted by atomic mass is 9.78. The molecule has 104 valence electrons. The Labute approximate surface area is 118 Å². The molecule has 1 amide bonds. The fraction of sp³-hybridized carbons (Fsp3) is 0.714. The van der Waals surface area contributed by atoms with Gasteiger partial charge in [0, 0.05) is 24.0 Å².